The van der Waals surface area contributed by atoms with E-state index in [4.69, 9.17) is 19.9 Å². The number of nitrogens with zero attached hydrogens (tertiary/aromatic N) is 4. The molecule has 11 rings (SSSR count). The molecule has 0 radical (unpaired) electrons. The third-order valence-electron chi connectivity index (χ3n) is 11.9. The maximum Gasteiger partial charge on any atom is 0.164 e. The first-order valence-electron chi connectivity index (χ1n) is 22.2. The predicted octanol–water partition coefficient (Wildman–Crippen LogP) is 15.9. The molecule has 2 heterocycles. The van der Waals surface area contributed by atoms with E-state index < -0.39 is 0 Å². The van der Waals surface area contributed by atoms with Crippen LogP contribution in [0.25, 0.3) is 112 Å². The van der Waals surface area contributed by atoms with Crippen LogP contribution in [-0.2, 0) is 0 Å². The van der Waals surface area contributed by atoms with Crippen molar-refractivity contribution in [1.82, 2.24) is 19.9 Å². The Bertz CT molecular complexity index is 3080. The maximum absolute atomic E-state index is 5.14. The number of aromatic nitrogens is 4. The average molecular weight is 843 g/mol. The molecule has 0 amide bonds. The smallest absolute Gasteiger partial charge is 0.164 e. The van der Waals surface area contributed by atoms with Crippen molar-refractivity contribution in [2.24, 2.45) is 0 Å². The molecule has 0 saturated carbocycles. The highest BCUT2D eigenvalue weighted by atomic mass is 15.0. The predicted molar refractivity (Wildman–Crippen MR) is 272 cm³/mol. The van der Waals surface area contributed by atoms with Gasteiger partial charge >= 0.3 is 0 Å². The molecular weight excluding hydrogens is 801 g/mol. The zero-order valence-corrected chi connectivity index (χ0v) is 36.0. The van der Waals surface area contributed by atoms with Gasteiger partial charge in [-0.1, -0.05) is 224 Å². The summed E-state index contributed by atoms with van der Waals surface area (Å²) >= 11 is 0. The molecular formula is C62H42N4. The van der Waals surface area contributed by atoms with Crippen LogP contribution >= 0.6 is 0 Å². The molecule has 2 aromatic heterocycles. The molecule has 0 saturated heterocycles. The Hall–Kier alpha value is -8.86. The molecule has 66 heavy (non-hydrogen) atoms. The van der Waals surface area contributed by atoms with Crippen LogP contribution < -0.4 is 0 Å². The van der Waals surface area contributed by atoms with Gasteiger partial charge in [0.05, 0.1) is 11.4 Å². The fraction of sp³-hybridized carbons (Fsp3) is 0. The lowest BCUT2D eigenvalue weighted by atomic mass is 9.94. The van der Waals surface area contributed by atoms with Gasteiger partial charge in [-0.15, -0.1) is 0 Å². The number of hydrogen-bond donors (Lipinski definition) is 0. The summed E-state index contributed by atoms with van der Waals surface area (Å²) in [5.41, 5.74) is 18.4. The average Bonchev–Trinajstić information content (AvgIpc) is 3.42. The minimum absolute atomic E-state index is 0.639. The molecule has 310 valence electrons. The van der Waals surface area contributed by atoms with Gasteiger partial charge in [-0.2, -0.15) is 0 Å². The van der Waals surface area contributed by atoms with Crippen molar-refractivity contribution in [2.45, 2.75) is 0 Å². The van der Waals surface area contributed by atoms with Crippen LogP contribution in [0.4, 0.5) is 0 Å². The largest absolute Gasteiger partial charge is 0.248 e. The summed E-state index contributed by atoms with van der Waals surface area (Å²) in [5, 5.41) is 0. The summed E-state index contributed by atoms with van der Waals surface area (Å²) in [4.78, 5) is 19.8. The van der Waals surface area contributed by atoms with Gasteiger partial charge in [-0.3, -0.25) is 0 Å². The summed E-state index contributed by atoms with van der Waals surface area (Å²) in [5.74, 6) is 1.94. The van der Waals surface area contributed by atoms with Crippen molar-refractivity contribution >= 4 is 0 Å². The molecule has 0 spiro atoms. The molecule has 4 heteroatoms. The topological polar surface area (TPSA) is 51.6 Å². The third kappa shape index (κ3) is 8.59. The van der Waals surface area contributed by atoms with Crippen molar-refractivity contribution < 1.29 is 0 Å². The van der Waals surface area contributed by atoms with E-state index >= 15 is 0 Å². The number of rotatable bonds is 10. The summed E-state index contributed by atoms with van der Waals surface area (Å²) in [6.07, 6.45) is 0. The summed E-state index contributed by atoms with van der Waals surface area (Å²) in [6, 6.07) is 89.1. The lowest BCUT2D eigenvalue weighted by Gasteiger charge is -2.12. The highest BCUT2D eigenvalue weighted by Crippen LogP contribution is 2.35. The number of benzene rings is 9. The van der Waals surface area contributed by atoms with Crippen LogP contribution in [0.2, 0.25) is 0 Å². The van der Waals surface area contributed by atoms with Crippen molar-refractivity contribution in [3.05, 3.63) is 255 Å². The third-order valence-corrected chi connectivity index (χ3v) is 11.9. The van der Waals surface area contributed by atoms with E-state index in [9.17, 15) is 0 Å². The van der Waals surface area contributed by atoms with Crippen LogP contribution in [0.1, 0.15) is 0 Å². The van der Waals surface area contributed by atoms with Gasteiger partial charge in [0, 0.05) is 27.8 Å². The van der Waals surface area contributed by atoms with Gasteiger partial charge in [0.25, 0.3) is 0 Å². The van der Waals surface area contributed by atoms with E-state index in [1.165, 1.54) is 11.1 Å². The molecule has 9 aromatic carbocycles. The van der Waals surface area contributed by atoms with Crippen molar-refractivity contribution in [3.63, 3.8) is 0 Å². The highest BCUT2D eigenvalue weighted by molar-refractivity contribution is 5.81. The molecule has 4 nitrogen and oxygen atoms in total. The minimum Gasteiger partial charge on any atom is -0.248 e. The molecule has 0 fully saturated rings. The molecule has 0 atom stereocenters. The van der Waals surface area contributed by atoms with Crippen LogP contribution in [0.15, 0.2) is 255 Å². The van der Waals surface area contributed by atoms with E-state index in [0.717, 1.165) is 83.7 Å². The molecule has 0 aliphatic heterocycles. The molecule has 0 bridgehead atoms. The highest BCUT2D eigenvalue weighted by Gasteiger charge is 2.14. The van der Waals surface area contributed by atoms with Gasteiger partial charge in [0.1, 0.15) is 0 Å². The Balaban J connectivity index is 0.845. The van der Waals surface area contributed by atoms with Gasteiger partial charge < -0.3 is 0 Å². The maximum atomic E-state index is 5.14. The van der Waals surface area contributed by atoms with E-state index in [0.29, 0.717) is 17.5 Å². The first-order chi connectivity index (χ1) is 32.7. The second-order valence-electron chi connectivity index (χ2n) is 16.3. The zero-order chi connectivity index (χ0) is 44.1. The monoisotopic (exact) mass is 842 g/mol. The number of hydrogen-bond acceptors (Lipinski definition) is 4. The summed E-state index contributed by atoms with van der Waals surface area (Å²) in [7, 11) is 0. The van der Waals surface area contributed by atoms with Crippen LogP contribution in [0.5, 0.6) is 0 Å². The van der Waals surface area contributed by atoms with Crippen LogP contribution in [0.3, 0.4) is 0 Å². The van der Waals surface area contributed by atoms with Crippen LogP contribution in [0, 0.1) is 0 Å². The number of pyridine rings is 1. The van der Waals surface area contributed by atoms with E-state index in [1.54, 1.807) is 0 Å². The van der Waals surface area contributed by atoms with Crippen LogP contribution in [-0.4, -0.2) is 19.9 Å². The Morgan fingerprint density at radius 3 is 0.773 bits per heavy atom. The Morgan fingerprint density at radius 1 is 0.152 bits per heavy atom. The molecule has 0 aliphatic rings. The Labute approximate surface area is 385 Å². The van der Waals surface area contributed by atoms with Gasteiger partial charge in [0.15, 0.2) is 17.5 Å². The summed E-state index contributed by atoms with van der Waals surface area (Å²) < 4.78 is 0. The van der Waals surface area contributed by atoms with E-state index in [-0.39, 0.29) is 0 Å². The Morgan fingerprint density at radius 2 is 0.394 bits per heavy atom. The normalized spacial score (nSPS) is 11.0. The lowest BCUT2D eigenvalue weighted by Crippen LogP contribution is -2.00. The lowest BCUT2D eigenvalue weighted by molar-refractivity contribution is 1.07. The quantitative estimate of drug-likeness (QED) is 0.138. The zero-order valence-electron chi connectivity index (χ0n) is 36.0. The minimum atomic E-state index is 0.639. The second kappa shape index (κ2) is 18.1. The molecule has 11 aromatic rings. The SMILES string of the molecule is c1ccc(-c2cc(-c3ccccc3)nc(-c3ccc(-c4cccc(-c5cccc(-c6cccc(-c7ccc(-c8nc(-c9ccccc9)nc(-c9ccccc9)n8)cc7)c6)c5)c4)cc3)c2)cc1. The van der Waals surface area contributed by atoms with Gasteiger partial charge in [-0.05, 0) is 86.0 Å². The Kier molecular flexibility index (Phi) is 10.9. The molecule has 0 aliphatic carbocycles. The van der Waals surface area contributed by atoms with E-state index in [2.05, 4.69) is 188 Å². The standard InChI is InChI=1S/C62H42N4/c1-5-16-43(17-6-1)57-41-58(46-18-7-2-8-19-46)63-59(42-57)47-34-30-44(31-35-47)51-24-13-26-53(38-51)55-28-15-29-56(40-55)54-27-14-25-52(39-54)45-32-36-50(37-33-45)62-65-60(48-20-9-3-10-21-48)64-61(66-62)49-22-11-4-12-23-49/h1-42H. The van der Waals surface area contributed by atoms with E-state index in [1.807, 2.05) is 66.7 Å². The summed E-state index contributed by atoms with van der Waals surface area (Å²) in [6.45, 7) is 0. The fourth-order valence-corrected chi connectivity index (χ4v) is 8.45. The first-order valence-corrected chi connectivity index (χ1v) is 22.2. The molecule has 0 unspecified atom stereocenters. The molecule has 0 N–H and O–H groups in total. The van der Waals surface area contributed by atoms with Crippen molar-refractivity contribution in [1.29, 1.82) is 0 Å². The van der Waals surface area contributed by atoms with Crippen molar-refractivity contribution in [2.75, 3.05) is 0 Å². The second-order valence-corrected chi connectivity index (χ2v) is 16.3. The van der Waals surface area contributed by atoms with Gasteiger partial charge in [0.2, 0.25) is 0 Å². The van der Waals surface area contributed by atoms with Crippen molar-refractivity contribution in [3.8, 4) is 112 Å². The first kappa shape index (κ1) is 40.0. The van der Waals surface area contributed by atoms with Gasteiger partial charge in [-0.25, -0.2) is 19.9 Å². The fourth-order valence-electron chi connectivity index (χ4n) is 8.45.